The predicted molar refractivity (Wildman–Crippen MR) is 42.7 cm³/mol. The Morgan fingerprint density at radius 2 is 2.33 bits per heavy atom. The van der Waals surface area contributed by atoms with Gasteiger partial charge in [0.1, 0.15) is 5.02 Å². The standard InChI is InChI=1S/C7H4ClFN2O/c8-5-6-3(2-10-11-6)1-4(9)7(5)12/h1-2,12H,(H,10,11). The molecule has 2 N–H and O–H groups in total. The fourth-order valence-corrected chi connectivity index (χ4v) is 1.25. The van der Waals surface area contributed by atoms with Gasteiger partial charge in [0.15, 0.2) is 11.6 Å². The van der Waals surface area contributed by atoms with Gasteiger partial charge in [0, 0.05) is 5.39 Å². The number of aromatic hydroxyl groups is 1. The summed E-state index contributed by atoms with van der Waals surface area (Å²) in [4.78, 5) is 0. The normalized spacial score (nSPS) is 10.8. The Morgan fingerprint density at radius 1 is 1.58 bits per heavy atom. The van der Waals surface area contributed by atoms with E-state index in [0.717, 1.165) is 0 Å². The molecular weight excluding hydrogens is 183 g/mol. The van der Waals surface area contributed by atoms with Gasteiger partial charge in [-0.15, -0.1) is 0 Å². The molecule has 5 heteroatoms. The van der Waals surface area contributed by atoms with Crippen LogP contribution in [-0.4, -0.2) is 15.3 Å². The van der Waals surface area contributed by atoms with E-state index in [-0.39, 0.29) is 5.02 Å². The highest BCUT2D eigenvalue weighted by Gasteiger charge is 2.11. The van der Waals surface area contributed by atoms with Crippen molar-refractivity contribution in [2.24, 2.45) is 0 Å². The minimum atomic E-state index is -0.742. The minimum absolute atomic E-state index is 0.0394. The molecule has 3 nitrogen and oxygen atoms in total. The fraction of sp³-hybridized carbons (Fsp3) is 0. The van der Waals surface area contributed by atoms with Crippen LogP contribution in [0.1, 0.15) is 0 Å². The molecule has 2 aromatic rings. The van der Waals surface area contributed by atoms with Crippen LogP contribution in [0.4, 0.5) is 4.39 Å². The number of phenolic OH excluding ortho intramolecular Hbond substituents is 1. The van der Waals surface area contributed by atoms with Gasteiger partial charge in [-0.3, -0.25) is 5.10 Å². The Morgan fingerprint density at radius 3 is 3.08 bits per heavy atom. The molecule has 0 aliphatic carbocycles. The summed E-state index contributed by atoms with van der Waals surface area (Å²) in [5, 5.41) is 15.8. The molecule has 0 aliphatic rings. The van der Waals surface area contributed by atoms with Crippen molar-refractivity contribution >= 4 is 22.5 Å². The fourth-order valence-electron chi connectivity index (χ4n) is 1.01. The molecule has 0 radical (unpaired) electrons. The second kappa shape index (κ2) is 2.35. The number of rotatable bonds is 0. The molecule has 0 saturated heterocycles. The van der Waals surface area contributed by atoms with Gasteiger partial charge < -0.3 is 5.11 Å². The van der Waals surface area contributed by atoms with Crippen LogP contribution in [0.5, 0.6) is 5.75 Å². The smallest absolute Gasteiger partial charge is 0.172 e. The monoisotopic (exact) mass is 186 g/mol. The van der Waals surface area contributed by atoms with Crippen molar-refractivity contribution in [2.45, 2.75) is 0 Å². The third-order valence-electron chi connectivity index (χ3n) is 1.60. The highest BCUT2D eigenvalue weighted by atomic mass is 35.5. The number of aromatic nitrogens is 2. The van der Waals surface area contributed by atoms with E-state index in [0.29, 0.717) is 10.9 Å². The van der Waals surface area contributed by atoms with E-state index in [1.807, 2.05) is 0 Å². The van der Waals surface area contributed by atoms with Gasteiger partial charge in [-0.1, -0.05) is 11.6 Å². The number of benzene rings is 1. The van der Waals surface area contributed by atoms with Crippen LogP contribution < -0.4 is 0 Å². The Hall–Kier alpha value is -1.29. The van der Waals surface area contributed by atoms with E-state index in [1.54, 1.807) is 0 Å². The summed E-state index contributed by atoms with van der Waals surface area (Å²) in [6.07, 6.45) is 1.43. The van der Waals surface area contributed by atoms with E-state index in [9.17, 15) is 4.39 Å². The van der Waals surface area contributed by atoms with Gasteiger partial charge in [-0.05, 0) is 6.07 Å². The maximum Gasteiger partial charge on any atom is 0.172 e. The lowest BCUT2D eigenvalue weighted by atomic mass is 10.2. The largest absolute Gasteiger partial charge is 0.504 e. The Labute approximate surface area is 71.8 Å². The van der Waals surface area contributed by atoms with Crippen molar-refractivity contribution in [3.63, 3.8) is 0 Å². The first-order valence-corrected chi connectivity index (χ1v) is 3.58. The zero-order chi connectivity index (χ0) is 8.72. The molecule has 1 aromatic heterocycles. The second-order valence-corrected chi connectivity index (χ2v) is 2.73. The first-order valence-electron chi connectivity index (χ1n) is 3.20. The van der Waals surface area contributed by atoms with Gasteiger partial charge in [0.2, 0.25) is 0 Å². The van der Waals surface area contributed by atoms with E-state index in [4.69, 9.17) is 16.7 Å². The minimum Gasteiger partial charge on any atom is -0.504 e. The third-order valence-corrected chi connectivity index (χ3v) is 1.97. The summed E-state index contributed by atoms with van der Waals surface area (Å²) in [6, 6.07) is 1.17. The van der Waals surface area contributed by atoms with Crippen LogP contribution in [-0.2, 0) is 0 Å². The van der Waals surface area contributed by atoms with Crippen molar-refractivity contribution in [1.82, 2.24) is 10.2 Å². The maximum absolute atomic E-state index is 12.8. The molecule has 62 valence electrons. The molecule has 0 saturated carbocycles. The van der Waals surface area contributed by atoms with Crippen molar-refractivity contribution in [1.29, 1.82) is 0 Å². The van der Waals surface area contributed by atoms with Crippen LogP contribution in [0.15, 0.2) is 12.3 Å². The summed E-state index contributed by atoms with van der Waals surface area (Å²) < 4.78 is 12.8. The predicted octanol–water partition coefficient (Wildman–Crippen LogP) is 2.06. The number of phenols is 1. The quantitative estimate of drug-likeness (QED) is 0.662. The molecule has 1 aromatic carbocycles. The van der Waals surface area contributed by atoms with Gasteiger partial charge in [-0.25, -0.2) is 4.39 Å². The molecule has 0 amide bonds. The lowest BCUT2D eigenvalue weighted by Crippen LogP contribution is -1.79. The van der Waals surface area contributed by atoms with Gasteiger partial charge in [-0.2, -0.15) is 5.10 Å². The number of aromatic amines is 1. The van der Waals surface area contributed by atoms with Crippen LogP contribution in [0.3, 0.4) is 0 Å². The first kappa shape index (κ1) is 7.36. The Bertz CT molecular complexity index is 440. The Balaban J connectivity index is 2.94. The zero-order valence-electron chi connectivity index (χ0n) is 5.81. The van der Waals surface area contributed by atoms with E-state index in [1.165, 1.54) is 12.3 Å². The van der Waals surface area contributed by atoms with Gasteiger partial charge in [0.05, 0.1) is 11.7 Å². The second-order valence-electron chi connectivity index (χ2n) is 2.36. The number of nitrogens with zero attached hydrogens (tertiary/aromatic N) is 1. The highest BCUT2D eigenvalue weighted by molar-refractivity contribution is 6.36. The highest BCUT2D eigenvalue weighted by Crippen LogP contribution is 2.32. The molecule has 0 spiro atoms. The van der Waals surface area contributed by atoms with Gasteiger partial charge >= 0.3 is 0 Å². The average molecular weight is 187 g/mol. The van der Waals surface area contributed by atoms with Crippen LogP contribution in [0.2, 0.25) is 5.02 Å². The summed E-state index contributed by atoms with van der Waals surface area (Å²) >= 11 is 5.61. The van der Waals surface area contributed by atoms with Crippen molar-refractivity contribution in [3.05, 3.63) is 23.1 Å². The topological polar surface area (TPSA) is 48.9 Å². The number of fused-ring (bicyclic) bond motifs is 1. The number of hydrogen-bond donors (Lipinski definition) is 2. The number of halogens is 2. The number of H-pyrrole nitrogens is 1. The molecule has 1 heterocycles. The third kappa shape index (κ3) is 0.848. The van der Waals surface area contributed by atoms with E-state index >= 15 is 0 Å². The van der Waals surface area contributed by atoms with Gasteiger partial charge in [0.25, 0.3) is 0 Å². The van der Waals surface area contributed by atoms with Crippen molar-refractivity contribution in [3.8, 4) is 5.75 Å². The van der Waals surface area contributed by atoms with Crippen molar-refractivity contribution in [2.75, 3.05) is 0 Å². The molecule has 0 unspecified atom stereocenters. The van der Waals surface area contributed by atoms with Crippen molar-refractivity contribution < 1.29 is 9.50 Å². The Kier molecular flexibility index (Phi) is 1.44. The molecule has 0 atom stereocenters. The first-order chi connectivity index (χ1) is 5.70. The summed E-state index contributed by atoms with van der Waals surface area (Å²) in [5.74, 6) is -1.29. The van der Waals surface area contributed by atoms with E-state index < -0.39 is 11.6 Å². The zero-order valence-corrected chi connectivity index (χ0v) is 6.56. The maximum atomic E-state index is 12.8. The lowest BCUT2D eigenvalue weighted by molar-refractivity contribution is 0.434. The lowest BCUT2D eigenvalue weighted by Gasteiger charge is -1.98. The molecule has 12 heavy (non-hydrogen) atoms. The molecule has 0 fully saturated rings. The molecule has 2 rings (SSSR count). The van der Waals surface area contributed by atoms with Crippen LogP contribution >= 0.6 is 11.6 Å². The van der Waals surface area contributed by atoms with E-state index in [2.05, 4.69) is 10.2 Å². The molecular formula is C7H4ClFN2O. The summed E-state index contributed by atoms with van der Waals surface area (Å²) in [5.41, 5.74) is 0.440. The summed E-state index contributed by atoms with van der Waals surface area (Å²) in [7, 11) is 0. The summed E-state index contributed by atoms with van der Waals surface area (Å²) in [6.45, 7) is 0. The van der Waals surface area contributed by atoms with Crippen LogP contribution in [0.25, 0.3) is 10.9 Å². The SMILES string of the molecule is Oc1c(F)cc2cn[nH]c2c1Cl. The number of nitrogens with one attached hydrogen (secondary N) is 1. The van der Waals surface area contributed by atoms with Crippen LogP contribution in [0, 0.1) is 5.82 Å². The average Bonchev–Trinajstić information content (AvgIpc) is 2.48. The molecule has 0 aliphatic heterocycles. The molecule has 0 bridgehead atoms. The number of hydrogen-bond acceptors (Lipinski definition) is 2.